The molecule has 1 aliphatic carbocycles. The number of halogens is 1. The van der Waals surface area contributed by atoms with Crippen molar-refractivity contribution < 1.29 is 4.79 Å². The van der Waals surface area contributed by atoms with Gasteiger partial charge < -0.3 is 4.90 Å². The summed E-state index contributed by atoms with van der Waals surface area (Å²) in [7, 11) is 0. The third-order valence-corrected chi connectivity index (χ3v) is 5.20. The van der Waals surface area contributed by atoms with E-state index in [1.165, 1.54) is 6.33 Å². The molecule has 0 bridgehead atoms. The molecule has 0 saturated heterocycles. The topological polar surface area (TPSA) is 63.9 Å². The molecule has 0 N–H and O–H groups in total. The minimum absolute atomic E-state index is 0.0411. The number of aryl methyl sites for hydroxylation is 1. The molecule has 4 rings (SSSR count). The predicted octanol–water partition coefficient (Wildman–Crippen LogP) is 4.24. The molecule has 28 heavy (non-hydrogen) atoms. The van der Waals surface area contributed by atoms with Gasteiger partial charge in [0.05, 0.1) is 6.04 Å². The molecule has 1 unspecified atom stereocenters. The summed E-state index contributed by atoms with van der Waals surface area (Å²) in [6.45, 7) is 4.62. The maximum absolute atomic E-state index is 13.4. The second kappa shape index (κ2) is 7.72. The van der Waals surface area contributed by atoms with Crippen molar-refractivity contribution in [2.75, 3.05) is 6.54 Å². The Hall–Kier alpha value is -2.73. The molecule has 1 atom stereocenters. The van der Waals surface area contributed by atoms with Crippen molar-refractivity contribution in [3.63, 3.8) is 0 Å². The van der Waals surface area contributed by atoms with Crippen LogP contribution in [-0.4, -0.2) is 37.1 Å². The molecule has 2 heterocycles. The molecule has 2 aromatic heterocycles. The van der Waals surface area contributed by atoms with E-state index in [0.29, 0.717) is 34.7 Å². The highest BCUT2D eigenvalue weighted by Crippen LogP contribution is 2.33. The second-order valence-corrected chi connectivity index (χ2v) is 7.75. The van der Waals surface area contributed by atoms with E-state index >= 15 is 0 Å². The molecule has 0 radical (unpaired) electrons. The van der Waals surface area contributed by atoms with Crippen molar-refractivity contribution in [1.82, 2.24) is 24.6 Å². The van der Waals surface area contributed by atoms with Crippen LogP contribution in [0.15, 0.2) is 48.9 Å². The SMILES string of the molecule is Cc1cc(Cl)cc(C(=O)N(CC2CC2)C(C)c2ncnn2-c2ccccn2)c1. The van der Waals surface area contributed by atoms with Gasteiger partial charge in [-0.15, -0.1) is 0 Å². The molecule has 1 saturated carbocycles. The summed E-state index contributed by atoms with van der Waals surface area (Å²) in [6, 6.07) is 10.8. The molecule has 0 spiro atoms. The van der Waals surface area contributed by atoms with Crippen molar-refractivity contribution >= 4 is 17.5 Å². The standard InChI is InChI=1S/C21H22ClN5O/c1-14-9-17(11-18(22)10-14)21(28)26(12-16-6-7-16)15(2)20-24-13-25-27(20)19-5-3-4-8-23-19/h3-5,8-11,13,15-16H,6-7,12H2,1-2H3. The number of pyridine rings is 1. The van der Waals surface area contributed by atoms with Gasteiger partial charge in [0.15, 0.2) is 11.6 Å². The number of nitrogens with zero attached hydrogens (tertiary/aromatic N) is 5. The first kappa shape index (κ1) is 18.6. The van der Waals surface area contributed by atoms with E-state index in [0.717, 1.165) is 18.4 Å². The fourth-order valence-corrected chi connectivity index (χ4v) is 3.64. The number of aromatic nitrogens is 4. The zero-order valence-corrected chi connectivity index (χ0v) is 16.7. The van der Waals surface area contributed by atoms with Crippen LogP contribution in [0.5, 0.6) is 0 Å². The molecule has 6 nitrogen and oxygen atoms in total. The third kappa shape index (κ3) is 3.92. The minimum Gasteiger partial charge on any atom is -0.328 e. The second-order valence-electron chi connectivity index (χ2n) is 7.31. The van der Waals surface area contributed by atoms with Gasteiger partial charge in [-0.3, -0.25) is 4.79 Å². The van der Waals surface area contributed by atoms with Gasteiger partial charge in [-0.2, -0.15) is 9.78 Å². The number of carbonyl (C=O) groups excluding carboxylic acids is 1. The minimum atomic E-state index is -0.253. The van der Waals surface area contributed by atoms with Crippen LogP contribution in [0.4, 0.5) is 0 Å². The number of benzene rings is 1. The van der Waals surface area contributed by atoms with Crippen molar-refractivity contribution in [2.24, 2.45) is 5.92 Å². The Kier molecular flexibility index (Phi) is 5.13. The Labute approximate surface area is 169 Å². The van der Waals surface area contributed by atoms with E-state index < -0.39 is 0 Å². The van der Waals surface area contributed by atoms with Crippen LogP contribution < -0.4 is 0 Å². The summed E-state index contributed by atoms with van der Waals surface area (Å²) in [6.07, 6.45) is 5.52. The smallest absolute Gasteiger partial charge is 0.254 e. The van der Waals surface area contributed by atoms with E-state index in [2.05, 4.69) is 15.1 Å². The van der Waals surface area contributed by atoms with Crippen LogP contribution in [0.25, 0.3) is 5.82 Å². The first-order valence-corrected chi connectivity index (χ1v) is 9.80. The van der Waals surface area contributed by atoms with Crippen molar-refractivity contribution in [3.05, 3.63) is 70.9 Å². The Balaban J connectivity index is 1.68. The highest BCUT2D eigenvalue weighted by atomic mass is 35.5. The van der Waals surface area contributed by atoms with E-state index in [9.17, 15) is 4.79 Å². The van der Waals surface area contributed by atoms with Gasteiger partial charge in [-0.25, -0.2) is 9.97 Å². The Morgan fingerprint density at radius 2 is 2.11 bits per heavy atom. The average molecular weight is 396 g/mol. The van der Waals surface area contributed by atoms with Gasteiger partial charge >= 0.3 is 0 Å². The molecule has 7 heteroatoms. The first-order chi connectivity index (χ1) is 13.5. The van der Waals surface area contributed by atoms with E-state index in [-0.39, 0.29) is 11.9 Å². The highest BCUT2D eigenvalue weighted by molar-refractivity contribution is 6.31. The molecule has 1 aromatic carbocycles. The molecular weight excluding hydrogens is 374 g/mol. The van der Waals surface area contributed by atoms with Gasteiger partial charge in [-0.1, -0.05) is 17.7 Å². The van der Waals surface area contributed by atoms with Crippen LogP contribution in [0.2, 0.25) is 5.02 Å². The van der Waals surface area contributed by atoms with Crippen LogP contribution in [0, 0.1) is 12.8 Å². The number of amides is 1. The van der Waals surface area contributed by atoms with Gasteiger partial charge in [0.1, 0.15) is 6.33 Å². The fraction of sp³-hybridized carbons (Fsp3) is 0.333. The van der Waals surface area contributed by atoms with Gasteiger partial charge in [0, 0.05) is 23.3 Å². The van der Waals surface area contributed by atoms with Crippen molar-refractivity contribution in [2.45, 2.75) is 32.7 Å². The lowest BCUT2D eigenvalue weighted by molar-refractivity contribution is 0.0670. The van der Waals surface area contributed by atoms with Crippen LogP contribution in [0.1, 0.15) is 47.6 Å². The van der Waals surface area contributed by atoms with Crippen LogP contribution >= 0.6 is 11.6 Å². The van der Waals surface area contributed by atoms with Gasteiger partial charge in [0.25, 0.3) is 5.91 Å². The van der Waals surface area contributed by atoms with Crippen LogP contribution in [0.3, 0.4) is 0 Å². The number of carbonyl (C=O) groups is 1. The monoisotopic (exact) mass is 395 g/mol. The maximum atomic E-state index is 13.4. The summed E-state index contributed by atoms with van der Waals surface area (Å²) < 4.78 is 1.70. The quantitative estimate of drug-likeness (QED) is 0.626. The largest absolute Gasteiger partial charge is 0.328 e. The summed E-state index contributed by atoms with van der Waals surface area (Å²) in [5, 5.41) is 4.90. The van der Waals surface area contributed by atoms with E-state index in [4.69, 9.17) is 11.6 Å². The lowest BCUT2D eigenvalue weighted by Crippen LogP contribution is -2.36. The Morgan fingerprint density at radius 1 is 1.29 bits per heavy atom. The number of hydrogen-bond acceptors (Lipinski definition) is 4. The summed E-state index contributed by atoms with van der Waals surface area (Å²) >= 11 is 6.20. The zero-order valence-electron chi connectivity index (χ0n) is 15.9. The number of hydrogen-bond donors (Lipinski definition) is 0. The van der Waals surface area contributed by atoms with Crippen molar-refractivity contribution in [1.29, 1.82) is 0 Å². The normalized spacial score (nSPS) is 14.7. The lowest BCUT2D eigenvalue weighted by Gasteiger charge is -2.29. The fourth-order valence-electron chi connectivity index (χ4n) is 3.35. The molecule has 1 fully saturated rings. The first-order valence-electron chi connectivity index (χ1n) is 9.42. The molecule has 1 aliphatic rings. The predicted molar refractivity (Wildman–Crippen MR) is 108 cm³/mol. The molecule has 144 valence electrons. The zero-order chi connectivity index (χ0) is 19.7. The summed E-state index contributed by atoms with van der Waals surface area (Å²) in [5.74, 6) is 1.86. The summed E-state index contributed by atoms with van der Waals surface area (Å²) in [5.41, 5.74) is 1.56. The lowest BCUT2D eigenvalue weighted by atomic mass is 10.1. The van der Waals surface area contributed by atoms with Gasteiger partial charge in [0.2, 0.25) is 0 Å². The molecule has 1 amide bonds. The Bertz CT molecular complexity index is 963. The Morgan fingerprint density at radius 3 is 2.79 bits per heavy atom. The maximum Gasteiger partial charge on any atom is 0.254 e. The van der Waals surface area contributed by atoms with Crippen molar-refractivity contribution in [3.8, 4) is 5.82 Å². The third-order valence-electron chi connectivity index (χ3n) is 4.98. The summed E-state index contributed by atoms with van der Waals surface area (Å²) in [4.78, 5) is 24.1. The van der Waals surface area contributed by atoms with E-state index in [1.54, 1.807) is 16.9 Å². The molecule has 0 aliphatic heterocycles. The van der Waals surface area contributed by atoms with Crippen LogP contribution in [-0.2, 0) is 0 Å². The number of rotatable bonds is 6. The average Bonchev–Trinajstić information content (AvgIpc) is 3.37. The van der Waals surface area contributed by atoms with E-state index in [1.807, 2.05) is 49.1 Å². The highest BCUT2D eigenvalue weighted by Gasteiger charge is 2.33. The van der Waals surface area contributed by atoms with Gasteiger partial charge in [-0.05, 0) is 68.5 Å². The molecular formula is C21H22ClN5O. The molecule has 3 aromatic rings.